The molecule has 0 saturated heterocycles. The Morgan fingerprint density at radius 2 is 1.78 bits per heavy atom. The van der Waals surface area contributed by atoms with Gasteiger partial charge in [0.25, 0.3) is 0 Å². The molecule has 37 heavy (non-hydrogen) atoms. The van der Waals surface area contributed by atoms with Gasteiger partial charge < -0.3 is 25.6 Å². The van der Waals surface area contributed by atoms with Gasteiger partial charge in [-0.25, -0.2) is 4.98 Å². The minimum Gasteiger partial charge on any atom is -0.497 e. The number of carbonyl (C=O) groups is 1. The van der Waals surface area contributed by atoms with Crippen molar-refractivity contribution in [2.75, 3.05) is 51.0 Å². The summed E-state index contributed by atoms with van der Waals surface area (Å²) in [5, 5.41) is 3.03. The number of unbranched alkanes of at least 4 members (excludes halogenated alkanes) is 2. The summed E-state index contributed by atoms with van der Waals surface area (Å²) < 4.78 is 6.27. The van der Waals surface area contributed by atoms with Gasteiger partial charge in [0.15, 0.2) is 0 Å². The van der Waals surface area contributed by atoms with Crippen molar-refractivity contribution >= 4 is 40.0 Å². The first-order valence-corrected chi connectivity index (χ1v) is 13.8. The first-order chi connectivity index (χ1) is 17.9. The maximum atomic E-state index is 12.2. The third-order valence-electron chi connectivity index (χ3n) is 6.23. The van der Waals surface area contributed by atoms with E-state index in [0.29, 0.717) is 13.0 Å². The second-order valence-corrected chi connectivity index (χ2v) is 10.4. The number of aromatic nitrogens is 1. The fourth-order valence-electron chi connectivity index (χ4n) is 4.01. The maximum absolute atomic E-state index is 12.2. The molecule has 0 aliphatic rings. The van der Waals surface area contributed by atoms with Gasteiger partial charge in [-0.05, 0) is 96.6 Å². The molecule has 0 bridgehead atoms. The number of likely N-dealkylation sites (N-methyl/N-ethyl adjacent to an activating group) is 1. The molecule has 3 aromatic rings. The van der Waals surface area contributed by atoms with Gasteiger partial charge in [-0.15, -0.1) is 0 Å². The van der Waals surface area contributed by atoms with E-state index in [0.717, 1.165) is 71.8 Å². The van der Waals surface area contributed by atoms with Crippen LogP contribution in [0.15, 0.2) is 66.9 Å². The molecule has 0 spiro atoms. The highest BCUT2D eigenvalue weighted by atomic mass is 127. The summed E-state index contributed by atoms with van der Waals surface area (Å²) in [5.74, 6) is 1.91. The molecule has 3 rings (SSSR count). The van der Waals surface area contributed by atoms with Crippen LogP contribution in [0, 0.1) is 3.57 Å². The molecule has 1 heterocycles. The van der Waals surface area contributed by atoms with Crippen LogP contribution in [-0.4, -0.2) is 56.1 Å². The maximum Gasteiger partial charge on any atom is 0.224 e. The fraction of sp³-hybridized carbons (Fsp3) is 0.379. The number of methoxy groups -OCH3 is 1. The van der Waals surface area contributed by atoms with E-state index >= 15 is 0 Å². The Labute approximate surface area is 234 Å². The number of anilines is 2. The van der Waals surface area contributed by atoms with Crippen LogP contribution in [0.5, 0.6) is 5.75 Å². The number of nitrogen functional groups attached to an aromatic ring is 1. The third-order valence-corrected chi connectivity index (χ3v) is 7.16. The smallest absolute Gasteiger partial charge is 0.224 e. The topological polar surface area (TPSA) is 83.7 Å². The molecule has 0 radical (unpaired) electrons. The quantitative estimate of drug-likeness (QED) is 0.146. The van der Waals surface area contributed by atoms with Crippen molar-refractivity contribution in [3.63, 3.8) is 0 Å². The Kier molecular flexibility index (Phi) is 12.0. The molecule has 1 aromatic heterocycles. The number of benzene rings is 2. The van der Waals surface area contributed by atoms with Gasteiger partial charge >= 0.3 is 0 Å². The molecule has 0 aliphatic carbocycles. The molecule has 0 fully saturated rings. The van der Waals surface area contributed by atoms with E-state index < -0.39 is 0 Å². The summed E-state index contributed by atoms with van der Waals surface area (Å²) in [4.78, 5) is 21.5. The highest BCUT2D eigenvalue weighted by molar-refractivity contribution is 14.1. The molecular formula is C29H38IN5O2. The predicted octanol–water partition coefficient (Wildman–Crippen LogP) is 4.74. The number of hydrogen-bond donors (Lipinski definition) is 2. The Balaban J connectivity index is 1.34. The van der Waals surface area contributed by atoms with E-state index in [2.05, 4.69) is 67.9 Å². The Hall–Kier alpha value is -2.85. The number of ether oxygens (including phenoxy) is 1. The summed E-state index contributed by atoms with van der Waals surface area (Å²) in [6, 6.07) is 20.0. The molecule has 7 nitrogen and oxygen atoms in total. The van der Waals surface area contributed by atoms with Crippen LogP contribution >= 0.6 is 22.6 Å². The van der Waals surface area contributed by atoms with E-state index in [9.17, 15) is 4.79 Å². The zero-order valence-electron chi connectivity index (χ0n) is 21.8. The SMILES string of the molecule is COc1ccc(CN(CCN(C)CCCCCNC(=O)Cc2ccc(N)c(I)c2)c2ccccn2)cc1. The van der Waals surface area contributed by atoms with E-state index in [-0.39, 0.29) is 5.91 Å². The van der Waals surface area contributed by atoms with Crippen molar-refractivity contribution in [2.45, 2.75) is 32.2 Å². The van der Waals surface area contributed by atoms with E-state index in [4.69, 9.17) is 10.5 Å². The largest absolute Gasteiger partial charge is 0.497 e. The lowest BCUT2D eigenvalue weighted by atomic mass is 10.1. The van der Waals surface area contributed by atoms with Crippen LogP contribution < -0.4 is 20.7 Å². The van der Waals surface area contributed by atoms with Crippen molar-refractivity contribution < 1.29 is 9.53 Å². The zero-order chi connectivity index (χ0) is 26.5. The monoisotopic (exact) mass is 615 g/mol. The number of nitrogens with zero attached hydrogens (tertiary/aromatic N) is 3. The lowest BCUT2D eigenvalue weighted by Gasteiger charge is -2.27. The summed E-state index contributed by atoms with van der Waals surface area (Å²) in [7, 11) is 3.85. The molecule has 198 valence electrons. The zero-order valence-corrected chi connectivity index (χ0v) is 24.0. The lowest BCUT2D eigenvalue weighted by molar-refractivity contribution is -0.120. The normalized spacial score (nSPS) is 10.9. The minimum absolute atomic E-state index is 0.0594. The van der Waals surface area contributed by atoms with Gasteiger partial charge in [0.2, 0.25) is 5.91 Å². The number of halogens is 1. The third kappa shape index (κ3) is 10.2. The Morgan fingerprint density at radius 1 is 1.00 bits per heavy atom. The van der Waals surface area contributed by atoms with Crippen LogP contribution in [0.2, 0.25) is 0 Å². The minimum atomic E-state index is 0.0594. The van der Waals surface area contributed by atoms with Gasteiger partial charge in [0.1, 0.15) is 11.6 Å². The average Bonchev–Trinajstić information content (AvgIpc) is 2.91. The molecule has 1 amide bonds. The van der Waals surface area contributed by atoms with Crippen LogP contribution in [-0.2, 0) is 17.8 Å². The number of amides is 1. The summed E-state index contributed by atoms with van der Waals surface area (Å²) >= 11 is 2.19. The van der Waals surface area contributed by atoms with E-state index in [1.165, 1.54) is 5.56 Å². The highest BCUT2D eigenvalue weighted by Crippen LogP contribution is 2.18. The Bertz CT molecular complexity index is 1100. The van der Waals surface area contributed by atoms with Gasteiger partial charge in [-0.3, -0.25) is 4.79 Å². The van der Waals surface area contributed by atoms with Crippen molar-refractivity contribution in [3.05, 3.63) is 81.6 Å². The molecule has 2 aromatic carbocycles. The van der Waals surface area contributed by atoms with Crippen LogP contribution in [0.3, 0.4) is 0 Å². The second-order valence-electron chi connectivity index (χ2n) is 9.20. The summed E-state index contributed by atoms with van der Waals surface area (Å²) in [5.41, 5.74) is 8.81. The standard InChI is InChI=1S/C29H38IN5O2/c1-34(17-7-3-5-16-33-29(36)21-24-11-14-27(31)26(30)20-24)18-19-35(28-8-4-6-15-32-28)22-23-9-12-25(37-2)13-10-23/h4,6,8-15,20H,3,5,7,16-19,21-22,31H2,1-2H3,(H,33,36). The van der Waals surface area contributed by atoms with Crippen molar-refractivity contribution in [1.82, 2.24) is 15.2 Å². The van der Waals surface area contributed by atoms with Crippen molar-refractivity contribution in [3.8, 4) is 5.75 Å². The first-order valence-electron chi connectivity index (χ1n) is 12.7. The van der Waals surface area contributed by atoms with Gasteiger partial charge in [-0.2, -0.15) is 0 Å². The summed E-state index contributed by atoms with van der Waals surface area (Å²) in [6.07, 6.45) is 5.40. The molecular weight excluding hydrogens is 577 g/mol. The second kappa shape index (κ2) is 15.4. The predicted molar refractivity (Wildman–Crippen MR) is 160 cm³/mol. The van der Waals surface area contributed by atoms with Crippen molar-refractivity contribution in [1.29, 1.82) is 0 Å². The first kappa shape index (κ1) is 28.7. The van der Waals surface area contributed by atoms with Gasteiger partial charge in [0.05, 0.1) is 13.5 Å². The lowest BCUT2D eigenvalue weighted by Crippen LogP contribution is -2.34. The van der Waals surface area contributed by atoms with Crippen LogP contribution in [0.4, 0.5) is 11.5 Å². The number of rotatable bonds is 15. The van der Waals surface area contributed by atoms with E-state index in [1.807, 2.05) is 48.7 Å². The Morgan fingerprint density at radius 3 is 2.49 bits per heavy atom. The number of hydrogen-bond acceptors (Lipinski definition) is 6. The molecule has 8 heteroatoms. The van der Waals surface area contributed by atoms with Crippen LogP contribution in [0.25, 0.3) is 0 Å². The highest BCUT2D eigenvalue weighted by Gasteiger charge is 2.11. The molecule has 0 atom stereocenters. The average molecular weight is 616 g/mol. The van der Waals surface area contributed by atoms with Gasteiger partial charge in [0, 0.05) is 41.6 Å². The summed E-state index contributed by atoms with van der Waals surface area (Å²) in [6.45, 7) is 4.37. The fourth-order valence-corrected chi connectivity index (χ4v) is 4.59. The number of nitrogens with one attached hydrogen (secondary N) is 1. The molecule has 0 saturated carbocycles. The van der Waals surface area contributed by atoms with E-state index in [1.54, 1.807) is 7.11 Å². The van der Waals surface area contributed by atoms with Crippen LogP contribution in [0.1, 0.15) is 30.4 Å². The van der Waals surface area contributed by atoms with Crippen molar-refractivity contribution in [2.24, 2.45) is 0 Å². The van der Waals surface area contributed by atoms with Gasteiger partial charge in [-0.1, -0.05) is 30.7 Å². The molecule has 0 aliphatic heterocycles. The molecule has 0 unspecified atom stereocenters. The number of pyridine rings is 1. The molecule has 3 N–H and O–H groups in total. The number of nitrogens with two attached hydrogens (primary N) is 1. The number of carbonyl (C=O) groups excluding carboxylic acids is 1.